The van der Waals surface area contributed by atoms with Crippen LogP contribution in [0.3, 0.4) is 0 Å². The van der Waals surface area contributed by atoms with Gasteiger partial charge in [0.25, 0.3) is 0 Å². The standard InChI is InChI=1S/C6H12N2/c1-6(2)7-8-4-3-5-8/h3-5H2,1-2H3. The van der Waals surface area contributed by atoms with E-state index in [4.69, 9.17) is 0 Å². The Morgan fingerprint density at radius 3 is 2.12 bits per heavy atom. The summed E-state index contributed by atoms with van der Waals surface area (Å²) in [5.74, 6) is 0. The third-order valence-corrected chi connectivity index (χ3v) is 1.17. The lowest BCUT2D eigenvalue weighted by Gasteiger charge is -2.27. The van der Waals surface area contributed by atoms with Crippen molar-refractivity contribution in [2.24, 2.45) is 5.10 Å². The third-order valence-electron chi connectivity index (χ3n) is 1.17. The first kappa shape index (κ1) is 5.60. The first-order chi connectivity index (χ1) is 3.79. The summed E-state index contributed by atoms with van der Waals surface area (Å²) in [6.07, 6.45) is 1.32. The molecular weight excluding hydrogens is 100 g/mol. The molecule has 0 aromatic rings. The Balaban J connectivity index is 2.27. The second-order valence-electron chi connectivity index (χ2n) is 2.35. The molecule has 1 heterocycles. The van der Waals surface area contributed by atoms with Gasteiger partial charge in [-0.05, 0) is 20.3 Å². The van der Waals surface area contributed by atoms with Crippen LogP contribution in [0.5, 0.6) is 0 Å². The van der Waals surface area contributed by atoms with Gasteiger partial charge in [-0.2, -0.15) is 5.10 Å². The lowest BCUT2D eigenvalue weighted by Crippen LogP contribution is -2.32. The molecule has 1 fully saturated rings. The maximum Gasteiger partial charge on any atom is 0.0377 e. The van der Waals surface area contributed by atoms with Crippen LogP contribution < -0.4 is 0 Å². The second-order valence-corrected chi connectivity index (χ2v) is 2.35. The highest BCUT2D eigenvalue weighted by Gasteiger charge is 2.09. The van der Waals surface area contributed by atoms with Crippen molar-refractivity contribution in [3.05, 3.63) is 0 Å². The first-order valence-electron chi connectivity index (χ1n) is 3.06. The van der Waals surface area contributed by atoms with Crippen LogP contribution in [0.1, 0.15) is 20.3 Å². The van der Waals surface area contributed by atoms with Gasteiger partial charge in [0.15, 0.2) is 0 Å². The SMILES string of the molecule is CC(C)=NN1CCC1. The summed E-state index contributed by atoms with van der Waals surface area (Å²) in [5.41, 5.74) is 1.16. The molecule has 8 heavy (non-hydrogen) atoms. The van der Waals surface area contributed by atoms with E-state index in [2.05, 4.69) is 10.1 Å². The highest BCUT2D eigenvalue weighted by atomic mass is 15.5. The molecule has 0 aromatic heterocycles. The molecule has 1 aliphatic heterocycles. The molecule has 1 saturated heterocycles. The summed E-state index contributed by atoms with van der Waals surface area (Å²) in [4.78, 5) is 0. The van der Waals surface area contributed by atoms with Crippen molar-refractivity contribution in [3.63, 3.8) is 0 Å². The van der Waals surface area contributed by atoms with Crippen LogP contribution >= 0.6 is 0 Å². The molecule has 0 amide bonds. The molecule has 0 N–H and O–H groups in total. The molecule has 0 atom stereocenters. The summed E-state index contributed by atoms with van der Waals surface area (Å²) < 4.78 is 0. The van der Waals surface area contributed by atoms with E-state index < -0.39 is 0 Å². The molecule has 0 aromatic carbocycles. The van der Waals surface area contributed by atoms with Crippen LogP contribution in [-0.2, 0) is 0 Å². The molecular formula is C6H12N2. The smallest absolute Gasteiger partial charge is 0.0377 e. The maximum absolute atomic E-state index is 4.23. The predicted molar refractivity (Wildman–Crippen MR) is 35.0 cm³/mol. The topological polar surface area (TPSA) is 15.6 Å². The van der Waals surface area contributed by atoms with Gasteiger partial charge in [0.1, 0.15) is 0 Å². The van der Waals surface area contributed by atoms with Gasteiger partial charge >= 0.3 is 0 Å². The Labute approximate surface area is 50.2 Å². The average Bonchev–Trinajstić information content (AvgIpc) is 1.55. The Morgan fingerprint density at radius 2 is 2.00 bits per heavy atom. The monoisotopic (exact) mass is 112 g/mol. The van der Waals surface area contributed by atoms with Gasteiger partial charge in [-0.15, -0.1) is 0 Å². The number of rotatable bonds is 1. The van der Waals surface area contributed by atoms with Crippen molar-refractivity contribution in [1.82, 2.24) is 5.01 Å². The molecule has 0 radical (unpaired) electrons. The largest absolute Gasteiger partial charge is 0.297 e. The number of hydrazone groups is 1. The van der Waals surface area contributed by atoms with E-state index in [-0.39, 0.29) is 0 Å². The Hall–Kier alpha value is -0.530. The van der Waals surface area contributed by atoms with Crippen LogP contribution in [0, 0.1) is 0 Å². The average molecular weight is 112 g/mol. The van der Waals surface area contributed by atoms with Crippen molar-refractivity contribution in [1.29, 1.82) is 0 Å². The van der Waals surface area contributed by atoms with Gasteiger partial charge in [-0.1, -0.05) is 0 Å². The molecule has 0 unspecified atom stereocenters. The first-order valence-corrected chi connectivity index (χ1v) is 3.06. The van der Waals surface area contributed by atoms with E-state index in [1.807, 2.05) is 13.8 Å². The Morgan fingerprint density at radius 1 is 1.38 bits per heavy atom. The number of hydrogen-bond acceptors (Lipinski definition) is 2. The number of hydrogen-bond donors (Lipinski definition) is 0. The fourth-order valence-electron chi connectivity index (χ4n) is 0.682. The van der Waals surface area contributed by atoms with Gasteiger partial charge < -0.3 is 0 Å². The van der Waals surface area contributed by atoms with Gasteiger partial charge in [0, 0.05) is 18.8 Å². The normalized spacial score (nSPS) is 17.5. The molecule has 46 valence electrons. The fourth-order valence-corrected chi connectivity index (χ4v) is 0.682. The molecule has 0 saturated carbocycles. The lowest BCUT2D eigenvalue weighted by atomic mass is 10.3. The van der Waals surface area contributed by atoms with Crippen molar-refractivity contribution in [2.75, 3.05) is 13.1 Å². The van der Waals surface area contributed by atoms with Gasteiger partial charge in [-0.3, -0.25) is 5.01 Å². The minimum atomic E-state index is 1.16. The minimum Gasteiger partial charge on any atom is -0.297 e. The minimum absolute atomic E-state index is 1.16. The van der Waals surface area contributed by atoms with E-state index in [1.54, 1.807) is 0 Å². The van der Waals surface area contributed by atoms with Crippen LogP contribution in [-0.4, -0.2) is 23.8 Å². The van der Waals surface area contributed by atoms with Crippen LogP contribution in [0.2, 0.25) is 0 Å². The van der Waals surface area contributed by atoms with Crippen LogP contribution in [0.25, 0.3) is 0 Å². The molecule has 2 heteroatoms. The number of nitrogens with zero attached hydrogens (tertiary/aromatic N) is 2. The summed E-state index contributed by atoms with van der Waals surface area (Å²) in [6.45, 7) is 6.37. The van der Waals surface area contributed by atoms with Crippen molar-refractivity contribution >= 4 is 5.71 Å². The van der Waals surface area contributed by atoms with Crippen molar-refractivity contribution in [3.8, 4) is 0 Å². The lowest BCUT2D eigenvalue weighted by molar-refractivity contribution is 0.190. The van der Waals surface area contributed by atoms with Gasteiger partial charge in [0.2, 0.25) is 0 Å². The van der Waals surface area contributed by atoms with Crippen molar-refractivity contribution < 1.29 is 0 Å². The summed E-state index contributed by atoms with van der Waals surface area (Å²) in [5, 5.41) is 6.33. The predicted octanol–water partition coefficient (Wildman–Crippen LogP) is 1.09. The molecule has 1 rings (SSSR count). The zero-order valence-electron chi connectivity index (χ0n) is 5.52. The van der Waals surface area contributed by atoms with E-state index in [1.165, 1.54) is 6.42 Å². The quantitative estimate of drug-likeness (QED) is 0.463. The van der Waals surface area contributed by atoms with Crippen LogP contribution in [0.15, 0.2) is 5.10 Å². The van der Waals surface area contributed by atoms with Crippen molar-refractivity contribution in [2.45, 2.75) is 20.3 Å². The Bertz CT molecular complexity index is 99.1. The van der Waals surface area contributed by atoms with E-state index >= 15 is 0 Å². The van der Waals surface area contributed by atoms with Gasteiger partial charge in [-0.25, -0.2) is 0 Å². The zero-order chi connectivity index (χ0) is 5.98. The molecule has 1 aliphatic rings. The summed E-state index contributed by atoms with van der Waals surface area (Å²) in [7, 11) is 0. The highest BCUT2D eigenvalue weighted by molar-refractivity contribution is 5.78. The summed E-state index contributed by atoms with van der Waals surface area (Å²) >= 11 is 0. The zero-order valence-corrected chi connectivity index (χ0v) is 5.52. The third kappa shape index (κ3) is 1.22. The van der Waals surface area contributed by atoms with E-state index in [0.717, 1.165) is 18.8 Å². The summed E-state index contributed by atoms with van der Waals surface area (Å²) in [6, 6.07) is 0. The maximum atomic E-state index is 4.23. The van der Waals surface area contributed by atoms with E-state index in [0.29, 0.717) is 0 Å². The molecule has 0 bridgehead atoms. The van der Waals surface area contributed by atoms with Gasteiger partial charge in [0.05, 0.1) is 0 Å². The Kier molecular flexibility index (Phi) is 1.51. The highest BCUT2D eigenvalue weighted by Crippen LogP contribution is 2.05. The van der Waals surface area contributed by atoms with Crippen LogP contribution in [0.4, 0.5) is 0 Å². The fraction of sp³-hybridized carbons (Fsp3) is 0.833. The second kappa shape index (κ2) is 2.16. The molecule has 2 nitrogen and oxygen atoms in total. The molecule has 0 spiro atoms. The van der Waals surface area contributed by atoms with E-state index in [9.17, 15) is 0 Å². The molecule has 0 aliphatic carbocycles.